The van der Waals surface area contributed by atoms with Crippen LogP contribution in [0.4, 0.5) is 11.5 Å². The molecule has 0 amide bonds. The van der Waals surface area contributed by atoms with Crippen LogP contribution in [0.1, 0.15) is 24.5 Å². The maximum atomic E-state index is 6.13. The molecule has 2 aromatic rings. The first-order valence-electron chi connectivity index (χ1n) is 7.11. The van der Waals surface area contributed by atoms with Gasteiger partial charge in [0.05, 0.1) is 0 Å². The van der Waals surface area contributed by atoms with Gasteiger partial charge in [-0.15, -0.1) is 0 Å². The highest BCUT2D eigenvalue weighted by molar-refractivity contribution is 6.32. The number of nitrogens with zero attached hydrogens (tertiary/aromatic N) is 5. The second-order valence-corrected chi connectivity index (χ2v) is 5.61. The summed E-state index contributed by atoms with van der Waals surface area (Å²) in [6.45, 7) is 1.91. The van der Waals surface area contributed by atoms with Crippen LogP contribution >= 0.6 is 11.6 Å². The topological polar surface area (TPSA) is 58.9 Å². The molecule has 0 atom stereocenters. The zero-order valence-corrected chi connectivity index (χ0v) is 13.0. The van der Waals surface area contributed by atoms with E-state index in [-0.39, 0.29) is 0 Å². The van der Waals surface area contributed by atoms with Gasteiger partial charge in [0.25, 0.3) is 0 Å². The van der Waals surface area contributed by atoms with Crippen LogP contribution in [-0.2, 0) is 7.05 Å². The third kappa shape index (κ3) is 2.68. The van der Waals surface area contributed by atoms with Crippen molar-refractivity contribution >= 4 is 23.1 Å². The highest BCUT2D eigenvalue weighted by Gasteiger charge is 2.25. The molecule has 0 bridgehead atoms. The van der Waals surface area contributed by atoms with E-state index in [0.717, 1.165) is 37.4 Å². The lowest BCUT2D eigenvalue weighted by molar-refractivity contribution is 0.475. The van der Waals surface area contributed by atoms with Gasteiger partial charge in [0.15, 0.2) is 11.0 Å². The van der Waals surface area contributed by atoms with Crippen molar-refractivity contribution in [1.29, 1.82) is 0 Å². The van der Waals surface area contributed by atoms with Gasteiger partial charge in [0.1, 0.15) is 12.0 Å². The number of anilines is 2. The second-order valence-electron chi connectivity index (χ2n) is 5.25. The van der Waals surface area contributed by atoms with Crippen LogP contribution in [0.25, 0.3) is 0 Å². The lowest BCUT2D eigenvalue weighted by Crippen LogP contribution is -2.34. The van der Waals surface area contributed by atoms with Gasteiger partial charge < -0.3 is 10.2 Å². The van der Waals surface area contributed by atoms with Crippen molar-refractivity contribution in [2.24, 2.45) is 7.05 Å². The van der Waals surface area contributed by atoms with Gasteiger partial charge in [-0.3, -0.25) is 4.68 Å². The fourth-order valence-corrected chi connectivity index (χ4v) is 3.20. The summed E-state index contributed by atoms with van der Waals surface area (Å²) in [5, 5.41) is 7.83. The van der Waals surface area contributed by atoms with E-state index in [1.165, 1.54) is 12.0 Å². The molecule has 7 heteroatoms. The molecule has 6 nitrogen and oxygen atoms in total. The first-order valence-corrected chi connectivity index (χ1v) is 7.49. The molecule has 0 spiro atoms. The Balaban J connectivity index is 1.74. The Bertz CT molecular complexity index is 618. The van der Waals surface area contributed by atoms with Gasteiger partial charge in [-0.25, -0.2) is 9.97 Å². The summed E-state index contributed by atoms with van der Waals surface area (Å²) < 4.78 is 1.97. The normalized spacial score (nSPS) is 16.2. The van der Waals surface area contributed by atoms with Gasteiger partial charge in [0.2, 0.25) is 0 Å². The summed E-state index contributed by atoms with van der Waals surface area (Å²) in [6, 6.07) is 2.11. The molecule has 1 fully saturated rings. The number of hydrogen-bond acceptors (Lipinski definition) is 5. The van der Waals surface area contributed by atoms with Crippen LogP contribution in [-0.4, -0.2) is 39.9 Å². The molecule has 3 rings (SSSR count). The quantitative estimate of drug-likeness (QED) is 0.882. The molecule has 0 aromatic carbocycles. The summed E-state index contributed by atoms with van der Waals surface area (Å²) in [5.41, 5.74) is 2.11. The number of hydrogen-bond donors (Lipinski definition) is 1. The second kappa shape index (κ2) is 5.89. The van der Waals surface area contributed by atoms with Crippen LogP contribution in [0.2, 0.25) is 5.15 Å². The molecule has 1 N–H and O–H groups in total. The largest absolute Gasteiger partial charge is 0.383 e. The molecule has 0 saturated carbocycles. The smallest absolute Gasteiger partial charge is 0.157 e. The molecule has 3 heterocycles. The number of halogens is 1. The molecule has 1 aliphatic heterocycles. The molecule has 2 aromatic heterocycles. The number of nitrogens with one attached hydrogen (secondary N) is 1. The van der Waals surface area contributed by atoms with Gasteiger partial charge in [-0.1, -0.05) is 11.6 Å². The minimum Gasteiger partial charge on any atom is -0.383 e. The monoisotopic (exact) mass is 306 g/mol. The molecule has 21 heavy (non-hydrogen) atoms. The first-order chi connectivity index (χ1) is 10.2. The van der Waals surface area contributed by atoms with Crippen molar-refractivity contribution in [2.45, 2.75) is 18.8 Å². The third-order valence-electron chi connectivity index (χ3n) is 4.10. The van der Waals surface area contributed by atoms with Gasteiger partial charge in [-0.05, 0) is 18.9 Å². The Morgan fingerprint density at radius 3 is 2.67 bits per heavy atom. The molecule has 0 aliphatic carbocycles. The van der Waals surface area contributed by atoms with E-state index in [0.29, 0.717) is 11.1 Å². The SMILES string of the molecule is CNc1c(Cl)ncnc1N1CCC(c2ccnn2C)CC1. The molecule has 1 saturated heterocycles. The summed E-state index contributed by atoms with van der Waals surface area (Å²) in [6.07, 6.45) is 5.56. The minimum absolute atomic E-state index is 0.469. The lowest BCUT2D eigenvalue weighted by atomic mass is 9.93. The Labute approximate surface area is 129 Å². The Morgan fingerprint density at radius 1 is 1.29 bits per heavy atom. The molecule has 1 aliphatic rings. The molecular weight excluding hydrogens is 288 g/mol. The lowest BCUT2D eigenvalue weighted by Gasteiger charge is -2.33. The number of rotatable bonds is 3. The Kier molecular flexibility index (Phi) is 3.96. The van der Waals surface area contributed by atoms with E-state index < -0.39 is 0 Å². The van der Waals surface area contributed by atoms with Crippen LogP contribution in [0.3, 0.4) is 0 Å². The number of aromatic nitrogens is 4. The average molecular weight is 307 g/mol. The van der Waals surface area contributed by atoms with E-state index >= 15 is 0 Å². The summed E-state index contributed by atoms with van der Waals surface area (Å²) >= 11 is 6.13. The number of aryl methyl sites for hydroxylation is 1. The maximum absolute atomic E-state index is 6.13. The first kappa shape index (κ1) is 14.1. The zero-order valence-electron chi connectivity index (χ0n) is 12.3. The minimum atomic E-state index is 0.469. The van der Waals surface area contributed by atoms with Gasteiger partial charge in [-0.2, -0.15) is 5.10 Å². The van der Waals surface area contributed by atoms with Crippen molar-refractivity contribution in [2.75, 3.05) is 30.4 Å². The van der Waals surface area contributed by atoms with Crippen molar-refractivity contribution < 1.29 is 0 Å². The molecule has 112 valence electrons. The third-order valence-corrected chi connectivity index (χ3v) is 4.39. The molecular formula is C14H19ClN6. The fourth-order valence-electron chi connectivity index (χ4n) is 2.98. The van der Waals surface area contributed by atoms with E-state index in [1.54, 1.807) is 0 Å². The van der Waals surface area contributed by atoms with Crippen LogP contribution in [0, 0.1) is 0 Å². The van der Waals surface area contributed by atoms with Crippen LogP contribution in [0.15, 0.2) is 18.6 Å². The van der Waals surface area contributed by atoms with Crippen LogP contribution in [0.5, 0.6) is 0 Å². The van der Waals surface area contributed by atoms with Crippen LogP contribution < -0.4 is 10.2 Å². The van der Waals surface area contributed by atoms with Gasteiger partial charge in [0, 0.05) is 45.0 Å². The Hall–Kier alpha value is -1.82. The van der Waals surface area contributed by atoms with E-state index in [2.05, 4.69) is 31.3 Å². The zero-order chi connectivity index (χ0) is 14.8. The summed E-state index contributed by atoms with van der Waals surface area (Å²) in [7, 11) is 3.85. The Morgan fingerprint density at radius 2 is 2.05 bits per heavy atom. The van der Waals surface area contributed by atoms with Gasteiger partial charge >= 0.3 is 0 Å². The average Bonchev–Trinajstić information content (AvgIpc) is 2.93. The highest BCUT2D eigenvalue weighted by atomic mass is 35.5. The van der Waals surface area contributed by atoms with Crippen molar-refractivity contribution in [1.82, 2.24) is 19.7 Å². The summed E-state index contributed by atoms with van der Waals surface area (Å²) in [5.74, 6) is 1.45. The summed E-state index contributed by atoms with van der Waals surface area (Å²) in [4.78, 5) is 10.7. The highest BCUT2D eigenvalue weighted by Crippen LogP contribution is 2.34. The predicted octanol–water partition coefficient (Wildman–Crippen LogP) is 2.29. The fraction of sp³-hybridized carbons (Fsp3) is 0.500. The molecule has 0 unspecified atom stereocenters. The van der Waals surface area contributed by atoms with E-state index in [1.807, 2.05) is 25.0 Å². The van der Waals surface area contributed by atoms with Crippen molar-refractivity contribution in [3.05, 3.63) is 29.4 Å². The van der Waals surface area contributed by atoms with Crippen molar-refractivity contribution in [3.63, 3.8) is 0 Å². The predicted molar refractivity (Wildman–Crippen MR) is 84.0 cm³/mol. The van der Waals surface area contributed by atoms with E-state index in [4.69, 9.17) is 11.6 Å². The standard InChI is InChI=1S/C14H19ClN6/c1-16-12-13(15)17-9-18-14(12)21-7-4-10(5-8-21)11-3-6-19-20(11)2/h3,6,9-10,16H,4-5,7-8H2,1-2H3. The maximum Gasteiger partial charge on any atom is 0.157 e. The van der Waals surface area contributed by atoms with Crippen molar-refractivity contribution in [3.8, 4) is 0 Å². The van der Waals surface area contributed by atoms with E-state index in [9.17, 15) is 0 Å². The molecule has 0 radical (unpaired) electrons. The number of piperidine rings is 1.